The van der Waals surface area contributed by atoms with Crippen LogP contribution in [0.25, 0.3) is 0 Å². The van der Waals surface area contributed by atoms with E-state index in [0.29, 0.717) is 10.6 Å². The second-order valence-electron chi connectivity index (χ2n) is 2.96. The van der Waals surface area contributed by atoms with Crippen LogP contribution in [0.3, 0.4) is 0 Å². The van der Waals surface area contributed by atoms with E-state index in [1.54, 1.807) is 12.3 Å². The Morgan fingerprint density at radius 1 is 1.60 bits per heavy atom. The van der Waals surface area contributed by atoms with Gasteiger partial charge in [-0.25, -0.2) is 4.39 Å². The zero-order valence-corrected chi connectivity index (χ0v) is 9.47. The number of aliphatic hydroxyl groups excluding tert-OH is 1. The summed E-state index contributed by atoms with van der Waals surface area (Å²) in [5.41, 5.74) is 5.49. The lowest BCUT2D eigenvalue weighted by Crippen LogP contribution is -2.13. The summed E-state index contributed by atoms with van der Waals surface area (Å²) in [5, 5.41) is 9.48. The number of nitrogens with two attached hydrogens (primary N) is 1. The molecule has 1 unspecified atom stereocenters. The highest BCUT2D eigenvalue weighted by Crippen LogP contribution is 2.33. The minimum atomic E-state index is -0.971. The predicted molar refractivity (Wildman–Crippen MR) is 58.7 cm³/mol. The summed E-state index contributed by atoms with van der Waals surface area (Å²) in [6, 6.07) is 3.12. The molecule has 1 atom stereocenters. The second kappa shape index (κ2) is 5.34. The number of benzene rings is 1. The number of aliphatic hydroxyl groups is 1. The highest BCUT2D eigenvalue weighted by molar-refractivity contribution is 7.98. The van der Waals surface area contributed by atoms with Crippen molar-refractivity contribution in [1.29, 1.82) is 0 Å². The van der Waals surface area contributed by atoms with Crippen LogP contribution in [0.1, 0.15) is 11.7 Å². The Balaban J connectivity index is 3.22. The third-order valence-electron chi connectivity index (χ3n) is 2.10. The van der Waals surface area contributed by atoms with Crippen LogP contribution in [-0.4, -0.2) is 25.0 Å². The van der Waals surface area contributed by atoms with E-state index >= 15 is 0 Å². The molecule has 15 heavy (non-hydrogen) atoms. The fourth-order valence-corrected chi connectivity index (χ4v) is 1.94. The van der Waals surface area contributed by atoms with E-state index in [9.17, 15) is 9.50 Å². The Labute approximate surface area is 92.4 Å². The van der Waals surface area contributed by atoms with Gasteiger partial charge in [-0.3, -0.25) is 0 Å². The number of ether oxygens (including phenoxy) is 1. The lowest BCUT2D eigenvalue weighted by atomic mass is 10.1. The fraction of sp³-hybridized carbons (Fsp3) is 0.400. The van der Waals surface area contributed by atoms with Gasteiger partial charge in [0, 0.05) is 12.1 Å². The summed E-state index contributed by atoms with van der Waals surface area (Å²) in [7, 11) is 1.48. The monoisotopic (exact) mass is 231 g/mol. The molecule has 0 fully saturated rings. The molecular formula is C10H14FNO2S. The molecule has 3 N–H and O–H groups in total. The van der Waals surface area contributed by atoms with Gasteiger partial charge in [-0.2, -0.15) is 0 Å². The molecule has 0 spiro atoms. The molecule has 0 aliphatic heterocycles. The van der Waals surface area contributed by atoms with Crippen molar-refractivity contribution in [2.45, 2.75) is 11.0 Å². The number of thioether (sulfide) groups is 1. The van der Waals surface area contributed by atoms with Gasteiger partial charge in [0.05, 0.1) is 18.1 Å². The first-order chi connectivity index (χ1) is 7.15. The van der Waals surface area contributed by atoms with Crippen molar-refractivity contribution in [2.75, 3.05) is 19.9 Å². The number of rotatable bonds is 4. The fourth-order valence-electron chi connectivity index (χ4n) is 1.29. The Kier molecular flexibility index (Phi) is 4.38. The maximum atomic E-state index is 13.8. The number of hydrogen-bond acceptors (Lipinski definition) is 4. The minimum Gasteiger partial charge on any atom is -0.495 e. The SMILES string of the molecule is COc1ccc(C(O)CN)c(F)c1SC. The van der Waals surface area contributed by atoms with Crippen LogP contribution >= 0.6 is 11.8 Å². The van der Waals surface area contributed by atoms with Crippen molar-refractivity contribution in [3.63, 3.8) is 0 Å². The second-order valence-corrected chi connectivity index (χ2v) is 3.77. The van der Waals surface area contributed by atoms with Crippen LogP contribution in [0.5, 0.6) is 5.75 Å². The molecule has 0 heterocycles. The maximum absolute atomic E-state index is 13.8. The minimum absolute atomic E-state index is 0.00291. The van der Waals surface area contributed by atoms with Crippen LogP contribution in [0.4, 0.5) is 4.39 Å². The number of halogens is 1. The highest BCUT2D eigenvalue weighted by atomic mass is 32.2. The van der Waals surface area contributed by atoms with Gasteiger partial charge in [0.1, 0.15) is 11.6 Å². The number of methoxy groups -OCH3 is 1. The van der Waals surface area contributed by atoms with Gasteiger partial charge in [-0.15, -0.1) is 11.8 Å². The zero-order valence-electron chi connectivity index (χ0n) is 8.66. The van der Waals surface area contributed by atoms with Crippen LogP contribution in [0.15, 0.2) is 17.0 Å². The topological polar surface area (TPSA) is 55.5 Å². The maximum Gasteiger partial charge on any atom is 0.146 e. The summed E-state index contributed by atoms with van der Waals surface area (Å²) in [5.74, 6) is 0.00720. The normalized spacial score (nSPS) is 12.6. The van der Waals surface area contributed by atoms with Gasteiger partial charge in [0.2, 0.25) is 0 Å². The van der Waals surface area contributed by atoms with Crippen LogP contribution < -0.4 is 10.5 Å². The molecule has 0 radical (unpaired) electrons. The molecule has 1 aromatic rings. The van der Waals surface area contributed by atoms with Gasteiger partial charge < -0.3 is 15.6 Å². The van der Waals surface area contributed by atoms with Crippen molar-refractivity contribution >= 4 is 11.8 Å². The summed E-state index contributed by atoms with van der Waals surface area (Å²) in [4.78, 5) is 0.391. The molecule has 3 nitrogen and oxygen atoms in total. The van der Waals surface area contributed by atoms with Gasteiger partial charge in [-0.05, 0) is 18.4 Å². The molecule has 0 aliphatic rings. The van der Waals surface area contributed by atoms with Gasteiger partial charge >= 0.3 is 0 Å². The molecule has 1 rings (SSSR count). The van der Waals surface area contributed by atoms with Gasteiger partial charge in [0.15, 0.2) is 0 Å². The Bertz CT molecular complexity index is 346. The largest absolute Gasteiger partial charge is 0.495 e. The Morgan fingerprint density at radius 3 is 2.73 bits per heavy atom. The lowest BCUT2D eigenvalue weighted by molar-refractivity contribution is 0.181. The average Bonchev–Trinajstić information content (AvgIpc) is 2.27. The van der Waals surface area contributed by atoms with Crippen LogP contribution in [0, 0.1) is 5.82 Å². The van der Waals surface area contributed by atoms with E-state index < -0.39 is 11.9 Å². The molecule has 0 bridgehead atoms. The standard InChI is InChI=1S/C10H14FNO2S/c1-14-8-4-3-6(7(13)5-12)9(11)10(8)15-2/h3-4,7,13H,5,12H2,1-2H3. The summed E-state index contributed by atoms with van der Waals surface area (Å²) < 4.78 is 18.9. The molecule has 0 saturated heterocycles. The van der Waals surface area contributed by atoms with E-state index in [1.807, 2.05) is 0 Å². The van der Waals surface area contributed by atoms with Crippen molar-refractivity contribution < 1.29 is 14.2 Å². The van der Waals surface area contributed by atoms with Crippen LogP contribution in [-0.2, 0) is 0 Å². The van der Waals surface area contributed by atoms with E-state index in [0.717, 1.165) is 0 Å². The molecule has 84 valence electrons. The number of hydrogen-bond donors (Lipinski definition) is 2. The quantitative estimate of drug-likeness (QED) is 0.772. The zero-order chi connectivity index (χ0) is 11.4. The van der Waals surface area contributed by atoms with Gasteiger partial charge in [-0.1, -0.05) is 0 Å². The third kappa shape index (κ3) is 2.42. The Hall–Kier alpha value is -0.780. The molecule has 0 saturated carbocycles. The first kappa shape index (κ1) is 12.3. The first-order valence-corrected chi connectivity index (χ1v) is 5.66. The molecule has 0 aromatic heterocycles. The molecular weight excluding hydrogens is 217 g/mol. The summed E-state index contributed by atoms with van der Waals surface area (Å²) in [6.07, 6.45) is 0.779. The lowest BCUT2D eigenvalue weighted by Gasteiger charge is -2.14. The van der Waals surface area contributed by atoms with Crippen molar-refractivity contribution in [2.24, 2.45) is 5.73 Å². The molecule has 1 aromatic carbocycles. The predicted octanol–water partition coefficient (Wildman–Crippen LogP) is 1.55. The van der Waals surface area contributed by atoms with E-state index in [4.69, 9.17) is 10.5 Å². The van der Waals surface area contributed by atoms with Gasteiger partial charge in [0.25, 0.3) is 0 Å². The summed E-state index contributed by atoms with van der Waals surface area (Å²) in [6.45, 7) is -0.00291. The molecule has 0 aliphatic carbocycles. The molecule has 5 heteroatoms. The van der Waals surface area contributed by atoms with Crippen molar-refractivity contribution in [1.82, 2.24) is 0 Å². The molecule has 0 amide bonds. The van der Waals surface area contributed by atoms with Crippen molar-refractivity contribution in [3.05, 3.63) is 23.5 Å². The Morgan fingerprint density at radius 2 is 2.27 bits per heavy atom. The summed E-state index contributed by atoms with van der Waals surface area (Å²) >= 11 is 1.24. The highest BCUT2D eigenvalue weighted by Gasteiger charge is 2.17. The average molecular weight is 231 g/mol. The van der Waals surface area contributed by atoms with Crippen LogP contribution in [0.2, 0.25) is 0 Å². The van der Waals surface area contributed by atoms with E-state index in [-0.39, 0.29) is 12.1 Å². The van der Waals surface area contributed by atoms with Crippen molar-refractivity contribution in [3.8, 4) is 5.75 Å². The van der Waals surface area contributed by atoms with E-state index in [1.165, 1.54) is 24.9 Å². The third-order valence-corrected chi connectivity index (χ3v) is 2.89. The first-order valence-electron chi connectivity index (χ1n) is 4.44. The van der Waals surface area contributed by atoms with E-state index in [2.05, 4.69) is 0 Å². The smallest absolute Gasteiger partial charge is 0.146 e.